The number of halogens is 2. The number of pyridine rings is 1. The van der Waals surface area contributed by atoms with Gasteiger partial charge in [-0.2, -0.15) is 0 Å². The minimum Gasteiger partial charge on any atom is -0.480 e. The van der Waals surface area contributed by atoms with Crippen LogP contribution in [0.15, 0.2) is 48.1 Å². The molecule has 0 bridgehead atoms. The molecule has 3 aromatic heterocycles. The van der Waals surface area contributed by atoms with Crippen molar-refractivity contribution in [1.29, 1.82) is 0 Å². The van der Waals surface area contributed by atoms with Gasteiger partial charge in [0.15, 0.2) is 29.1 Å². The smallest absolute Gasteiger partial charge is 0.198 e. The Morgan fingerprint density at radius 2 is 2.11 bits per heavy atom. The van der Waals surface area contributed by atoms with Gasteiger partial charge in [0.1, 0.15) is 11.4 Å². The number of hydrogen-bond donors (Lipinski definition) is 2. The molecule has 9 nitrogen and oxygen atoms in total. The zero-order valence-corrected chi connectivity index (χ0v) is 21.0. The van der Waals surface area contributed by atoms with E-state index in [0.717, 1.165) is 5.69 Å². The highest BCUT2D eigenvalue weighted by atomic mass is 19.1. The zero-order chi connectivity index (χ0) is 26.9. The van der Waals surface area contributed by atoms with Gasteiger partial charge in [-0.3, -0.25) is 9.79 Å². The SMILES string of the molecule is Cn1cncc1CCC(=O)c1c[nH]c2nccc(Oc3c(F)cc(CC4=NCC(C)(CO)CO4)cc3F)c12. The van der Waals surface area contributed by atoms with E-state index in [9.17, 15) is 9.90 Å². The molecule has 4 aromatic rings. The lowest BCUT2D eigenvalue weighted by atomic mass is 9.92. The molecule has 0 saturated heterocycles. The van der Waals surface area contributed by atoms with Crippen LogP contribution in [-0.2, 0) is 24.6 Å². The fourth-order valence-corrected chi connectivity index (χ4v) is 4.26. The summed E-state index contributed by atoms with van der Waals surface area (Å²) in [4.78, 5) is 28.6. The number of hydrogen-bond acceptors (Lipinski definition) is 7. The molecule has 1 aliphatic rings. The molecule has 1 atom stereocenters. The van der Waals surface area contributed by atoms with E-state index >= 15 is 8.78 Å². The fraction of sp³-hybridized carbons (Fsp3) is 0.333. The first kappa shape index (κ1) is 25.5. The number of H-pyrrole nitrogens is 1. The highest BCUT2D eigenvalue weighted by Gasteiger charge is 2.29. The molecule has 38 heavy (non-hydrogen) atoms. The normalized spacial score (nSPS) is 17.3. The van der Waals surface area contributed by atoms with Crippen LogP contribution < -0.4 is 4.74 Å². The highest BCUT2D eigenvalue weighted by molar-refractivity contribution is 6.09. The number of nitrogens with one attached hydrogen (secondary N) is 1. The van der Waals surface area contributed by atoms with E-state index in [2.05, 4.69) is 19.9 Å². The van der Waals surface area contributed by atoms with Crippen LogP contribution in [0.3, 0.4) is 0 Å². The number of aromatic nitrogens is 4. The third-order valence-corrected chi connectivity index (χ3v) is 6.59. The van der Waals surface area contributed by atoms with Crippen molar-refractivity contribution < 1.29 is 28.2 Å². The number of aliphatic hydroxyl groups excluding tert-OH is 1. The molecule has 5 rings (SSSR count). The summed E-state index contributed by atoms with van der Waals surface area (Å²) in [5, 5.41) is 9.79. The Bertz CT molecular complexity index is 1510. The van der Waals surface area contributed by atoms with Crippen LogP contribution in [0.4, 0.5) is 8.78 Å². The van der Waals surface area contributed by atoms with Gasteiger partial charge in [-0.1, -0.05) is 6.92 Å². The second-order valence-corrected chi connectivity index (χ2v) is 9.79. The molecule has 0 radical (unpaired) electrons. The molecular formula is C27H27F2N5O4. The van der Waals surface area contributed by atoms with E-state index in [1.807, 2.05) is 18.5 Å². The maximum Gasteiger partial charge on any atom is 0.198 e. The van der Waals surface area contributed by atoms with Crippen molar-refractivity contribution in [2.45, 2.75) is 26.2 Å². The molecule has 11 heteroatoms. The average molecular weight is 524 g/mol. The molecule has 1 unspecified atom stereocenters. The Kier molecular flexibility index (Phi) is 6.94. The number of carbonyl (C=O) groups excluding carboxylic acids is 1. The Labute approximate surface area is 217 Å². The number of imidazole rings is 1. The molecule has 2 N–H and O–H groups in total. The summed E-state index contributed by atoms with van der Waals surface area (Å²) in [6.07, 6.45) is 7.12. The summed E-state index contributed by atoms with van der Waals surface area (Å²) >= 11 is 0. The average Bonchev–Trinajstić information content (AvgIpc) is 3.53. The van der Waals surface area contributed by atoms with Gasteiger partial charge < -0.3 is 24.1 Å². The second kappa shape index (κ2) is 10.3. The number of aromatic amines is 1. The number of aliphatic hydroxyl groups is 1. The van der Waals surface area contributed by atoms with E-state index in [0.29, 0.717) is 41.0 Å². The van der Waals surface area contributed by atoms with Gasteiger partial charge in [0, 0.05) is 55.2 Å². The van der Waals surface area contributed by atoms with Crippen LogP contribution in [0.5, 0.6) is 11.5 Å². The third kappa shape index (κ3) is 5.14. The number of ketones is 1. The van der Waals surface area contributed by atoms with Crippen LogP contribution in [-0.4, -0.2) is 56.1 Å². The van der Waals surface area contributed by atoms with Gasteiger partial charge in [-0.15, -0.1) is 0 Å². The zero-order valence-electron chi connectivity index (χ0n) is 21.0. The monoisotopic (exact) mass is 523 g/mol. The van der Waals surface area contributed by atoms with Crippen LogP contribution in [0, 0.1) is 17.0 Å². The number of nitrogens with zero attached hydrogens (tertiary/aromatic N) is 4. The number of carbonyl (C=O) groups is 1. The van der Waals surface area contributed by atoms with Crippen molar-refractivity contribution in [2.24, 2.45) is 17.5 Å². The van der Waals surface area contributed by atoms with Crippen molar-refractivity contribution in [3.8, 4) is 11.5 Å². The minimum atomic E-state index is -0.902. The minimum absolute atomic E-state index is 0.0693. The van der Waals surface area contributed by atoms with Gasteiger partial charge in [-0.25, -0.2) is 18.7 Å². The first-order chi connectivity index (χ1) is 18.3. The standard InChI is InChI=1S/C27H27F2N5O4/c1-27(13-35)12-33-23(37-14-27)9-16-7-19(28)25(20(29)8-16)38-22-5-6-31-26-24(22)18(11-32-26)21(36)4-3-17-10-30-15-34(17)2/h5-8,10-11,15,35H,3-4,9,12-14H2,1-2H3,(H,31,32). The van der Waals surface area contributed by atoms with Crippen molar-refractivity contribution in [1.82, 2.24) is 19.5 Å². The molecule has 198 valence electrons. The van der Waals surface area contributed by atoms with Crippen molar-refractivity contribution in [3.63, 3.8) is 0 Å². The molecule has 0 saturated carbocycles. The van der Waals surface area contributed by atoms with Gasteiger partial charge in [-0.05, 0) is 30.2 Å². The molecule has 0 amide bonds. The summed E-state index contributed by atoms with van der Waals surface area (Å²) in [7, 11) is 1.85. The summed E-state index contributed by atoms with van der Waals surface area (Å²) in [5.74, 6) is -2.11. The summed E-state index contributed by atoms with van der Waals surface area (Å²) in [6, 6.07) is 3.79. The molecule has 1 aromatic carbocycles. The van der Waals surface area contributed by atoms with Crippen molar-refractivity contribution in [3.05, 3.63) is 71.6 Å². The Balaban J connectivity index is 1.36. The maximum atomic E-state index is 15.1. The number of ether oxygens (including phenoxy) is 2. The maximum absolute atomic E-state index is 15.1. The molecule has 0 aliphatic carbocycles. The van der Waals surface area contributed by atoms with E-state index in [1.165, 1.54) is 30.6 Å². The second-order valence-electron chi connectivity index (χ2n) is 9.79. The van der Waals surface area contributed by atoms with E-state index in [-0.39, 0.29) is 37.6 Å². The number of aryl methyl sites for hydroxylation is 2. The lowest BCUT2D eigenvalue weighted by Gasteiger charge is -2.30. The first-order valence-electron chi connectivity index (χ1n) is 12.1. The van der Waals surface area contributed by atoms with Crippen molar-refractivity contribution in [2.75, 3.05) is 19.8 Å². The quantitative estimate of drug-likeness (QED) is 0.319. The molecule has 0 fully saturated rings. The molecule has 0 spiro atoms. The third-order valence-electron chi connectivity index (χ3n) is 6.59. The predicted molar refractivity (Wildman–Crippen MR) is 136 cm³/mol. The van der Waals surface area contributed by atoms with E-state index in [4.69, 9.17) is 9.47 Å². The Morgan fingerprint density at radius 1 is 1.32 bits per heavy atom. The lowest BCUT2D eigenvalue weighted by Crippen LogP contribution is -2.36. The van der Waals surface area contributed by atoms with E-state index < -0.39 is 22.8 Å². The molecule has 4 heterocycles. The van der Waals surface area contributed by atoms with E-state index in [1.54, 1.807) is 12.5 Å². The van der Waals surface area contributed by atoms with Crippen LogP contribution in [0.2, 0.25) is 0 Å². The number of rotatable bonds is 9. The summed E-state index contributed by atoms with van der Waals surface area (Å²) in [5.41, 5.74) is 1.45. The summed E-state index contributed by atoms with van der Waals surface area (Å²) < 4.78 is 43.2. The Hall–Kier alpha value is -4.12. The van der Waals surface area contributed by atoms with Gasteiger partial charge in [0.05, 0.1) is 31.5 Å². The topological polar surface area (TPSA) is 115 Å². The predicted octanol–water partition coefficient (Wildman–Crippen LogP) is 4.15. The molecule has 1 aliphatic heterocycles. The Morgan fingerprint density at radius 3 is 2.76 bits per heavy atom. The van der Waals surface area contributed by atoms with Crippen LogP contribution in [0.25, 0.3) is 11.0 Å². The van der Waals surface area contributed by atoms with Crippen LogP contribution >= 0.6 is 0 Å². The van der Waals surface area contributed by atoms with Crippen LogP contribution in [0.1, 0.15) is 35.0 Å². The first-order valence-corrected chi connectivity index (χ1v) is 12.1. The lowest BCUT2D eigenvalue weighted by molar-refractivity contribution is 0.0690. The number of fused-ring (bicyclic) bond motifs is 1. The summed E-state index contributed by atoms with van der Waals surface area (Å²) in [6.45, 7) is 2.41. The van der Waals surface area contributed by atoms with Gasteiger partial charge >= 0.3 is 0 Å². The number of benzene rings is 1. The van der Waals surface area contributed by atoms with Crippen molar-refractivity contribution >= 4 is 22.7 Å². The number of Topliss-reactive ketones (excluding diaryl/α,β-unsaturated/α-hetero) is 1. The number of aliphatic imine (C=N–C) groups is 1. The highest BCUT2D eigenvalue weighted by Crippen LogP contribution is 2.35. The van der Waals surface area contributed by atoms with Gasteiger partial charge in [0.25, 0.3) is 0 Å². The van der Waals surface area contributed by atoms with Gasteiger partial charge in [0.2, 0.25) is 0 Å². The molecular weight excluding hydrogens is 496 g/mol. The largest absolute Gasteiger partial charge is 0.480 e. The fourth-order valence-electron chi connectivity index (χ4n) is 4.26.